The summed E-state index contributed by atoms with van der Waals surface area (Å²) in [5.41, 5.74) is 4.02. The molecule has 2 aliphatic heterocycles. The molecule has 3 aliphatic rings. The summed E-state index contributed by atoms with van der Waals surface area (Å²) in [7, 11) is 1.82. The normalized spacial score (nSPS) is 22.5. The maximum absolute atomic E-state index is 13.9. The molecule has 2 saturated heterocycles. The number of carbonyl (C=O) groups is 4. The van der Waals surface area contributed by atoms with Crippen LogP contribution in [0.15, 0.2) is 47.8 Å². The summed E-state index contributed by atoms with van der Waals surface area (Å²) in [5.74, 6) is -1.77. The number of benzene rings is 1. The van der Waals surface area contributed by atoms with E-state index in [4.69, 9.17) is 0 Å². The molecule has 1 aromatic carbocycles. The predicted octanol–water partition coefficient (Wildman–Crippen LogP) is 2.96. The minimum atomic E-state index is -1.07. The summed E-state index contributed by atoms with van der Waals surface area (Å²) < 4.78 is 0. The van der Waals surface area contributed by atoms with Gasteiger partial charge < -0.3 is 31.3 Å². The minimum Gasteiger partial charge on any atom is -0.480 e. The summed E-state index contributed by atoms with van der Waals surface area (Å²) in [5, 5.41) is 21.5. The Morgan fingerprint density at radius 2 is 1.88 bits per heavy atom. The molecule has 0 bridgehead atoms. The Morgan fingerprint density at radius 1 is 1.12 bits per heavy atom. The number of nitrogens with zero attached hydrogens (tertiary/aromatic N) is 1. The molecule has 3 fully saturated rings. The molecule has 0 unspecified atom stereocenters. The second kappa shape index (κ2) is 13.7. The van der Waals surface area contributed by atoms with Crippen molar-refractivity contribution in [2.24, 2.45) is 0 Å². The first kappa shape index (κ1) is 30.1. The maximum Gasteiger partial charge on any atom is 0.326 e. The van der Waals surface area contributed by atoms with Crippen LogP contribution in [-0.2, 0) is 20.9 Å². The molecular formula is C31H43N5O5. The molecule has 2 heterocycles. The number of rotatable bonds is 12. The molecule has 1 aliphatic carbocycles. The number of nitrogens with one attached hydrogen (secondary N) is 4. The zero-order valence-corrected chi connectivity index (χ0v) is 24.1. The number of allylic oxidation sites excluding steroid dienone is 1. The van der Waals surface area contributed by atoms with Crippen molar-refractivity contribution in [3.05, 3.63) is 58.9 Å². The molecule has 1 saturated carbocycles. The highest BCUT2D eigenvalue weighted by molar-refractivity contribution is 5.96. The van der Waals surface area contributed by atoms with Gasteiger partial charge in [0.15, 0.2) is 0 Å². The second-order valence-corrected chi connectivity index (χ2v) is 11.3. The third-order valence-electron chi connectivity index (χ3n) is 8.25. The van der Waals surface area contributed by atoms with Crippen LogP contribution in [0.25, 0.3) is 0 Å². The number of hydrogen-bond acceptors (Lipinski definition) is 6. The van der Waals surface area contributed by atoms with Gasteiger partial charge in [0.25, 0.3) is 5.91 Å². The van der Waals surface area contributed by atoms with Gasteiger partial charge in [-0.05, 0) is 68.2 Å². The molecule has 41 heavy (non-hydrogen) atoms. The van der Waals surface area contributed by atoms with Gasteiger partial charge in [0.2, 0.25) is 11.8 Å². The molecule has 222 valence electrons. The third kappa shape index (κ3) is 7.48. The highest BCUT2D eigenvalue weighted by Crippen LogP contribution is 2.35. The minimum absolute atomic E-state index is 0.0336. The summed E-state index contributed by atoms with van der Waals surface area (Å²) in [6.07, 6.45) is 7.96. The first-order valence-electron chi connectivity index (χ1n) is 14.8. The molecule has 5 N–H and O–H groups in total. The average molecular weight is 566 g/mol. The largest absolute Gasteiger partial charge is 0.480 e. The van der Waals surface area contributed by atoms with Crippen LogP contribution in [0.4, 0.5) is 0 Å². The summed E-state index contributed by atoms with van der Waals surface area (Å²) >= 11 is 0. The molecule has 10 nitrogen and oxygen atoms in total. The molecule has 10 heteroatoms. The van der Waals surface area contributed by atoms with Gasteiger partial charge >= 0.3 is 5.97 Å². The summed E-state index contributed by atoms with van der Waals surface area (Å²) in [6, 6.07) is 4.93. The van der Waals surface area contributed by atoms with Gasteiger partial charge in [0, 0.05) is 30.9 Å². The molecule has 4 atom stereocenters. The van der Waals surface area contributed by atoms with Crippen LogP contribution in [0, 0.1) is 0 Å². The Hall–Kier alpha value is -3.82. The molecule has 1 aromatic rings. The number of fused-ring (bicyclic) bond motifs is 1. The van der Waals surface area contributed by atoms with Gasteiger partial charge in [-0.3, -0.25) is 14.4 Å². The number of carboxylic acid groups (broad SMARTS) is 1. The van der Waals surface area contributed by atoms with Crippen LogP contribution in [0.2, 0.25) is 0 Å². The van der Waals surface area contributed by atoms with Crippen LogP contribution in [-0.4, -0.2) is 64.9 Å². The Morgan fingerprint density at radius 3 is 2.56 bits per heavy atom. The number of amides is 3. The van der Waals surface area contributed by atoms with Crippen LogP contribution < -0.4 is 21.3 Å². The zero-order valence-electron chi connectivity index (χ0n) is 24.1. The van der Waals surface area contributed by atoms with Crippen LogP contribution in [0.3, 0.4) is 0 Å². The first-order valence-corrected chi connectivity index (χ1v) is 14.8. The first-order chi connectivity index (χ1) is 19.7. The lowest BCUT2D eigenvalue weighted by Gasteiger charge is -2.36. The van der Waals surface area contributed by atoms with E-state index in [0.717, 1.165) is 49.9 Å². The van der Waals surface area contributed by atoms with Gasteiger partial charge in [-0.25, -0.2) is 4.79 Å². The highest BCUT2D eigenvalue weighted by Gasteiger charge is 2.43. The van der Waals surface area contributed by atoms with E-state index in [9.17, 15) is 24.3 Å². The molecule has 0 radical (unpaired) electrons. The lowest BCUT2D eigenvalue weighted by atomic mass is 9.98. The summed E-state index contributed by atoms with van der Waals surface area (Å²) in [6.45, 7) is 6.16. The van der Waals surface area contributed by atoms with E-state index >= 15 is 0 Å². The van der Waals surface area contributed by atoms with Crippen molar-refractivity contribution in [2.75, 3.05) is 7.05 Å². The monoisotopic (exact) mass is 565 g/mol. The van der Waals surface area contributed by atoms with Crippen LogP contribution in [0.5, 0.6) is 0 Å². The number of likely N-dealkylation sites (N-methyl/N-ethyl adjacent to an activating group) is 1. The Labute approximate surface area is 242 Å². The van der Waals surface area contributed by atoms with Crippen molar-refractivity contribution in [3.63, 3.8) is 0 Å². The van der Waals surface area contributed by atoms with Crippen molar-refractivity contribution in [1.82, 2.24) is 26.2 Å². The van der Waals surface area contributed by atoms with Gasteiger partial charge in [-0.15, -0.1) is 0 Å². The number of carboxylic acids is 1. The van der Waals surface area contributed by atoms with Gasteiger partial charge in [-0.2, -0.15) is 0 Å². The Balaban J connectivity index is 1.41. The predicted molar refractivity (Wildman–Crippen MR) is 156 cm³/mol. The summed E-state index contributed by atoms with van der Waals surface area (Å²) in [4.78, 5) is 53.2. The fourth-order valence-corrected chi connectivity index (χ4v) is 5.85. The van der Waals surface area contributed by atoms with E-state index in [1.807, 2.05) is 18.9 Å². The highest BCUT2D eigenvalue weighted by atomic mass is 16.4. The number of aliphatic carboxylic acids is 1. The maximum atomic E-state index is 13.9. The van der Waals surface area contributed by atoms with E-state index in [1.165, 1.54) is 5.57 Å². The van der Waals surface area contributed by atoms with Gasteiger partial charge in [-0.1, -0.05) is 44.9 Å². The molecule has 4 rings (SSSR count). The van der Waals surface area contributed by atoms with E-state index in [1.54, 1.807) is 24.3 Å². The van der Waals surface area contributed by atoms with E-state index in [0.29, 0.717) is 36.8 Å². The van der Waals surface area contributed by atoms with Crippen LogP contribution >= 0.6 is 0 Å². The fourth-order valence-electron chi connectivity index (χ4n) is 5.85. The zero-order chi connectivity index (χ0) is 29.5. The molecule has 0 spiro atoms. The van der Waals surface area contributed by atoms with E-state index in [2.05, 4.69) is 27.8 Å². The van der Waals surface area contributed by atoms with E-state index in [-0.39, 0.29) is 24.4 Å². The quantitative estimate of drug-likeness (QED) is 0.263. The van der Waals surface area contributed by atoms with Gasteiger partial charge in [0.1, 0.15) is 18.1 Å². The smallest absolute Gasteiger partial charge is 0.326 e. The second-order valence-electron chi connectivity index (χ2n) is 11.3. The SMILES string of the molecule is C=C(NC)C(N[C@H]1CCCC[C@H]2CC[C@@H](C(=O)NCc3cccc(C(=O)N[C@@H](CCC)C(=O)O)c3)N2C1=O)=C1CC1. The lowest BCUT2D eigenvalue weighted by Crippen LogP contribution is -2.55. The topological polar surface area (TPSA) is 140 Å². The van der Waals surface area contributed by atoms with Crippen molar-refractivity contribution in [2.45, 2.75) is 102 Å². The molecule has 3 amide bonds. The van der Waals surface area contributed by atoms with Gasteiger partial charge in [0.05, 0.1) is 5.70 Å². The van der Waals surface area contributed by atoms with Crippen molar-refractivity contribution >= 4 is 23.7 Å². The number of hydrogen-bond donors (Lipinski definition) is 5. The van der Waals surface area contributed by atoms with Crippen LogP contribution in [0.1, 0.15) is 87.1 Å². The Kier molecular flexibility index (Phi) is 10.1. The standard InChI is InChI=1S/C31H43N5O5/c1-4-8-25(31(40)41)35-28(37)22-10-7-9-20(17-22)18-33-29(38)26-16-15-23-11-5-6-12-24(30(39)36(23)26)34-27(19(2)32-3)21-13-14-21/h7,9-10,17,23-26,32,34H,2,4-6,8,11-16,18H2,1,3H3,(H,33,38)(H,35,37)(H,40,41)/t23-,24-,25-,26-/m0/s1. The van der Waals surface area contributed by atoms with E-state index < -0.39 is 30.0 Å². The fraction of sp³-hybridized carbons (Fsp3) is 0.548. The molecular weight excluding hydrogens is 522 g/mol. The lowest BCUT2D eigenvalue weighted by molar-refractivity contribution is -0.142. The Bertz CT molecular complexity index is 1210. The number of carbonyl (C=O) groups excluding carboxylic acids is 3. The third-order valence-corrected chi connectivity index (χ3v) is 8.25. The van der Waals surface area contributed by atoms with Crippen molar-refractivity contribution in [3.8, 4) is 0 Å². The van der Waals surface area contributed by atoms with Crippen molar-refractivity contribution < 1.29 is 24.3 Å². The average Bonchev–Trinajstić information content (AvgIpc) is 3.72. The van der Waals surface area contributed by atoms with Crippen molar-refractivity contribution in [1.29, 1.82) is 0 Å². The molecule has 0 aromatic heterocycles.